The summed E-state index contributed by atoms with van der Waals surface area (Å²) in [6, 6.07) is 6.20. The fraction of sp³-hybridized carbons (Fsp3) is 0.611. The maximum atomic E-state index is 6.02. The van der Waals surface area contributed by atoms with Crippen molar-refractivity contribution in [1.29, 1.82) is 0 Å². The summed E-state index contributed by atoms with van der Waals surface area (Å²) in [5.41, 5.74) is 8.07. The molecule has 0 aromatic heterocycles. The first-order valence-corrected chi connectivity index (χ1v) is 8.21. The van der Waals surface area contributed by atoms with Crippen molar-refractivity contribution >= 4 is 5.96 Å². The van der Waals surface area contributed by atoms with Crippen molar-refractivity contribution in [3.63, 3.8) is 0 Å². The van der Waals surface area contributed by atoms with Gasteiger partial charge >= 0.3 is 0 Å². The molecule has 0 aliphatic carbocycles. The normalized spacial score (nSPS) is 19.0. The van der Waals surface area contributed by atoms with Crippen LogP contribution in [0, 0.1) is 12.8 Å². The maximum Gasteiger partial charge on any atom is 0.189 e. The van der Waals surface area contributed by atoms with Crippen LogP contribution in [0.25, 0.3) is 0 Å². The van der Waals surface area contributed by atoms with E-state index in [1.165, 1.54) is 5.56 Å². The van der Waals surface area contributed by atoms with Crippen LogP contribution in [0.15, 0.2) is 23.2 Å². The first-order chi connectivity index (χ1) is 10.8. The Morgan fingerprint density at radius 2 is 2.22 bits per heavy atom. The highest BCUT2D eigenvalue weighted by Crippen LogP contribution is 2.23. The molecule has 0 bridgehead atoms. The molecule has 1 unspecified atom stereocenters. The number of ether oxygens (including phenoxy) is 2. The number of guanidine groups is 1. The Balaban J connectivity index is 2.01. The van der Waals surface area contributed by atoms with E-state index in [-0.39, 0.29) is 5.54 Å². The molecule has 0 radical (unpaired) electrons. The van der Waals surface area contributed by atoms with Crippen molar-refractivity contribution in [2.24, 2.45) is 16.6 Å². The van der Waals surface area contributed by atoms with Crippen LogP contribution in [0.4, 0.5) is 0 Å². The number of nitrogens with zero attached hydrogens (tertiary/aromatic N) is 1. The number of nitrogens with one attached hydrogen (secondary N) is 1. The quantitative estimate of drug-likeness (QED) is 0.646. The van der Waals surface area contributed by atoms with Crippen LogP contribution in [-0.2, 0) is 11.3 Å². The standard InChI is InChI=1S/C18H29N3O2/c1-13-5-6-15(10-20-17(19)21-18(2,3)4)16(9-13)23-12-14-7-8-22-11-14/h5-6,9,14H,7-8,10-12H2,1-4H3,(H3,19,20,21). The van der Waals surface area contributed by atoms with Gasteiger partial charge in [0.05, 0.1) is 19.8 Å². The van der Waals surface area contributed by atoms with E-state index in [4.69, 9.17) is 15.2 Å². The lowest BCUT2D eigenvalue weighted by molar-refractivity contribution is 0.166. The Morgan fingerprint density at radius 1 is 1.43 bits per heavy atom. The number of rotatable bonds is 5. The molecule has 1 aliphatic rings. The lowest BCUT2D eigenvalue weighted by Gasteiger charge is -2.21. The molecule has 1 fully saturated rings. The van der Waals surface area contributed by atoms with E-state index in [1.54, 1.807) is 0 Å². The van der Waals surface area contributed by atoms with E-state index in [9.17, 15) is 0 Å². The van der Waals surface area contributed by atoms with Gasteiger partial charge in [-0.2, -0.15) is 0 Å². The average molecular weight is 319 g/mol. The highest BCUT2D eigenvalue weighted by atomic mass is 16.5. The molecule has 1 atom stereocenters. The Morgan fingerprint density at radius 3 is 2.87 bits per heavy atom. The molecule has 0 amide bonds. The number of hydrogen-bond acceptors (Lipinski definition) is 3. The van der Waals surface area contributed by atoms with Gasteiger partial charge in [-0.3, -0.25) is 0 Å². The second kappa shape index (κ2) is 7.68. The van der Waals surface area contributed by atoms with Crippen LogP contribution in [0.3, 0.4) is 0 Å². The minimum Gasteiger partial charge on any atom is -0.493 e. The minimum absolute atomic E-state index is 0.0946. The summed E-state index contributed by atoms with van der Waals surface area (Å²) in [6.07, 6.45) is 1.07. The van der Waals surface area contributed by atoms with Gasteiger partial charge in [-0.05, 0) is 45.7 Å². The molecule has 3 N–H and O–H groups in total. The lowest BCUT2D eigenvalue weighted by Crippen LogP contribution is -2.44. The summed E-state index contributed by atoms with van der Waals surface area (Å²) in [7, 11) is 0. The molecule has 0 saturated carbocycles. The van der Waals surface area contributed by atoms with Crippen LogP contribution in [0.5, 0.6) is 5.75 Å². The van der Waals surface area contributed by atoms with Gasteiger partial charge < -0.3 is 20.5 Å². The Hall–Kier alpha value is -1.75. The molecular formula is C18H29N3O2. The smallest absolute Gasteiger partial charge is 0.189 e. The van der Waals surface area contributed by atoms with Gasteiger partial charge in [-0.25, -0.2) is 4.99 Å². The number of aryl methyl sites for hydroxylation is 1. The predicted molar refractivity (Wildman–Crippen MR) is 93.8 cm³/mol. The van der Waals surface area contributed by atoms with Crippen LogP contribution in [0.2, 0.25) is 0 Å². The second-order valence-electron chi connectivity index (χ2n) is 7.23. The summed E-state index contributed by atoms with van der Waals surface area (Å²) < 4.78 is 11.4. The molecule has 1 heterocycles. The lowest BCUT2D eigenvalue weighted by atomic mass is 10.1. The maximum absolute atomic E-state index is 6.02. The van der Waals surface area contributed by atoms with E-state index in [0.29, 0.717) is 25.0 Å². The van der Waals surface area contributed by atoms with Gasteiger partial charge in [-0.15, -0.1) is 0 Å². The summed E-state index contributed by atoms with van der Waals surface area (Å²) in [5, 5.41) is 3.17. The molecule has 23 heavy (non-hydrogen) atoms. The average Bonchev–Trinajstić information content (AvgIpc) is 2.95. The zero-order valence-electron chi connectivity index (χ0n) is 14.7. The van der Waals surface area contributed by atoms with Crippen molar-refractivity contribution in [3.05, 3.63) is 29.3 Å². The summed E-state index contributed by atoms with van der Waals surface area (Å²) in [4.78, 5) is 4.43. The number of hydrogen-bond donors (Lipinski definition) is 2. The summed E-state index contributed by atoms with van der Waals surface area (Å²) >= 11 is 0. The van der Waals surface area contributed by atoms with Gasteiger partial charge in [0.2, 0.25) is 0 Å². The zero-order chi connectivity index (χ0) is 16.9. The first-order valence-electron chi connectivity index (χ1n) is 8.21. The van der Waals surface area contributed by atoms with E-state index >= 15 is 0 Å². The van der Waals surface area contributed by atoms with Gasteiger partial charge in [-0.1, -0.05) is 12.1 Å². The fourth-order valence-corrected chi connectivity index (χ4v) is 2.44. The van der Waals surface area contributed by atoms with Crippen molar-refractivity contribution in [2.45, 2.75) is 46.2 Å². The third-order valence-electron chi connectivity index (χ3n) is 3.64. The van der Waals surface area contributed by atoms with Crippen LogP contribution in [0.1, 0.15) is 38.3 Å². The van der Waals surface area contributed by atoms with Crippen LogP contribution < -0.4 is 15.8 Å². The highest BCUT2D eigenvalue weighted by Gasteiger charge is 2.17. The fourth-order valence-electron chi connectivity index (χ4n) is 2.44. The highest BCUT2D eigenvalue weighted by molar-refractivity contribution is 5.78. The second-order valence-corrected chi connectivity index (χ2v) is 7.23. The summed E-state index contributed by atoms with van der Waals surface area (Å²) in [5.74, 6) is 1.83. The minimum atomic E-state index is -0.0946. The molecule has 128 valence electrons. The predicted octanol–water partition coefficient (Wildman–Crippen LogP) is 2.61. The molecule has 1 aliphatic heterocycles. The molecule has 1 aromatic rings. The molecule has 5 heteroatoms. The van der Waals surface area contributed by atoms with Gasteiger partial charge in [0.1, 0.15) is 5.75 Å². The van der Waals surface area contributed by atoms with E-state index < -0.39 is 0 Å². The van der Waals surface area contributed by atoms with Gasteiger partial charge in [0.25, 0.3) is 0 Å². The third-order valence-corrected chi connectivity index (χ3v) is 3.64. The Kier molecular flexibility index (Phi) is 5.88. The Labute approximate surface area is 139 Å². The van der Waals surface area contributed by atoms with E-state index in [0.717, 1.165) is 30.9 Å². The van der Waals surface area contributed by atoms with Gasteiger partial charge in [0, 0.05) is 23.6 Å². The van der Waals surface area contributed by atoms with Crippen molar-refractivity contribution in [2.75, 3.05) is 19.8 Å². The Bertz CT molecular complexity index is 544. The monoisotopic (exact) mass is 319 g/mol. The first kappa shape index (κ1) is 17.6. The van der Waals surface area contributed by atoms with E-state index in [1.807, 2.05) is 0 Å². The number of benzene rings is 1. The van der Waals surface area contributed by atoms with Crippen molar-refractivity contribution < 1.29 is 9.47 Å². The largest absolute Gasteiger partial charge is 0.493 e. The molecule has 2 rings (SSSR count). The van der Waals surface area contributed by atoms with Crippen LogP contribution in [-0.4, -0.2) is 31.3 Å². The molecule has 1 aromatic carbocycles. The molecular weight excluding hydrogens is 290 g/mol. The van der Waals surface area contributed by atoms with Crippen molar-refractivity contribution in [1.82, 2.24) is 5.32 Å². The SMILES string of the molecule is Cc1ccc(CN=C(N)NC(C)(C)C)c(OCC2CCOC2)c1. The molecule has 0 spiro atoms. The number of aliphatic imine (C=N–C) groups is 1. The molecule has 1 saturated heterocycles. The number of nitrogens with two attached hydrogens (primary N) is 1. The van der Waals surface area contributed by atoms with Gasteiger partial charge in [0.15, 0.2) is 5.96 Å². The zero-order valence-corrected chi connectivity index (χ0v) is 14.7. The van der Waals surface area contributed by atoms with Crippen LogP contribution >= 0.6 is 0 Å². The summed E-state index contributed by atoms with van der Waals surface area (Å²) in [6.45, 7) is 11.1. The van der Waals surface area contributed by atoms with E-state index in [2.05, 4.69) is 56.2 Å². The third kappa shape index (κ3) is 6.10. The molecule has 5 nitrogen and oxygen atoms in total. The van der Waals surface area contributed by atoms with Crippen molar-refractivity contribution in [3.8, 4) is 5.75 Å². The topological polar surface area (TPSA) is 68.9 Å².